The van der Waals surface area contributed by atoms with Gasteiger partial charge in [-0.1, -0.05) is 11.6 Å². The molecule has 7 nitrogen and oxygen atoms in total. The van der Waals surface area contributed by atoms with Crippen LogP contribution in [0.5, 0.6) is 5.75 Å². The first kappa shape index (κ1) is 22.3. The fourth-order valence-electron chi connectivity index (χ4n) is 3.98. The molecule has 3 aromatic rings. The van der Waals surface area contributed by atoms with Gasteiger partial charge in [-0.2, -0.15) is 0 Å². The van der Waals surface area contributed by atoms with Gasteiger partial charge in [-0.25, -0.2) is 0 Å². The van der Waals surface area contributed by atoms with Crippen LogP contribution >= 0.6 is 24.0 Å². The number of rotatable bonds is 4. The monoisotopic (exact) mass is 449 g/mol. The van der Waals surface area contributed by atoms with Crippen molar-refractivity contribution in [3.05, 3.63) is 41.0 Å². The van der Waals surface area contributed by atoms with Gasteiger partial charge in [-0.3, -0.25) is 4.79 Å². The summed E-state index contributed by atoms with van der Waals surface area (Å²) in [4.78, 5) is 16.8. The Labute approximate surface area is 186 Å². The van der Waals surface area contributed by atoms with Crippen molar-refractivity contribution in [2.45, 2.75) is 25.9 Å². The molecule has 1 fully saturated rings. The van der Waals surface area contributed by atoms with Crippen molar-refractivity contribution in [3.8, 4) is 17.0 Å². The summed E-state index contributed by atoms with van der Waals surface area (Å²) in [7, 11) is 3.94. The van der Waals surface area contributed by atoms with Crippen LogP contribution in [0.2, 0.25) is 5.02 Å². The highest BCUT2D eigenvalue weighted by Gasteiger charge is 2.26. The van der Waals surface area contributed by atoms with E-state index in [1.54, 1.807) is 6.07 Å². The van der Waals surface area contributed by atoms with Gasteiger partial charge in [0.25, 0.3) is 0 Å². The predicted molar refractivity (Wildman–Crippen MR) is 120 cm³/mol. The molecule has 1 aliphatic rings. The molecule has 0 spiro atoms. The minimum atomic E-state index is 0. The molecule has 0 radical (unpaired) electrons. The molecule has 0 bridgehead atoms. The number of likely N-dealkylation sites (N-methyl/N-ethyl adjacent to an activating group) is 2. The van der Waals surface area contributed by atoms with Crippen LogP contribution in [0.3, 0.4) is 0 Å². The summed E-state index contributed by atoms with van der Waals surface area (Å²) >= 11 is 6.00. The van der Waals surface area contributed by atoms with E-state index in [0.717, 1.165) is 30.5 Å². The normalized spacial score (nSPS) is 16.6. The van der Waals surface area contributed by atoms with E-state index in [9.17, 15) is 9.90 Å². The minimum Gasteiger partial charge on any atom is -0.507 e. The Morgan fingerprint density at radius 1 is 1.33 bits per heavy atom. The van der Waals surface area contributed by atoms with Crippen LogP contribution in [0.15, 0.2) is 30.5 Å². The number of hydrogen-bond acceptors (Lipinski definition) is 5. The summed E-state index contributed by atoms with van der Waals surface area (Å²) in [6, 6.07) is 7.31. The molecule has 30 heavy (non-hydrogen) atoms. The molecule has 1 atom stereocenters. The second-order valence-corrected chi connectivity index (χ2v) is 8.21. The SMILES string of the molecule is Cc1cc(Cl)cc(O)c1-c1cc2ccn(CC(=O)N(C)[C@H]3CCN(C)C3)c2nn1.Cl. The first-order valence-electron chi connectivity index (χ1n) is 9.59. The molecule has 2 aromatic heterocycles. The van der Waals surface area contributed by atoms with Gasteiger partial charge in [0.05, 0.1) is 5.69 Å². The minimum absolute atomic E-state index is 0. The Hall–Kier alpha value is -2.35. The van der Waals surface area contributed by atoms with Crippen molar-refractivity contribution >= 4 is 40.9 Å². The van der Waals surface area contributed by atoms with E-state index in [0.29, 0.717) is 21.9 Å². The Morgan fingerprint density at radius 3 is 2.77 bits per heavy atom. The van der Waals surface area contributed by atoms with E-state index < -0.39 is 0 Å². The summed E-state index contributed by atoms with van der Waals surface area (Å²) in [6.45, 7) is 4.01. The summed E-state index contributed by atoms with van der Waals surface area (Å²) in [6.07, 6.45) is 2.85. The molecule has 160 valence electrons. The number of aromatic nitrogens is 3. The van der Waals surface area contributed by atoms with Crippen molar-refractivity contribution in [1.29, 1.82) is 0 Å². The molecular formula is C21H25Cl2N5O2. The topological polar surface area (TPSA) is 74.5 Å². The quantitative estimate of drug-likeness (QED) is 0.660. The molecule has 1 saturated heterocycles. The maximum absolute atomic E-state index is 12.8. The average molecular weight is 450 g/mol. The highest BCUT2D eigenvalue weighted by Crippen LogP contribution is 2.34. The molecule has 1 aromatic carbocycles. The molecule has 0 unspecified atom stereocenters. The summed E-state index contributed by atoms with van der Waals surface area (Å²) < 4.78 is 1.82. The molecule has 1 aliphatic heterocycles. The van der Waals surface area contributed by atoms with Crippen LogP contribution in [-0.2, 0) is 11.3 Å². The number of nitrogens with zero attached hydrogens (tertiary/aromatic N) is 5. The zero-order valence-electron chi connectivity index (χ0n) is 17.2. The third-order valence-electron chi connectivity index (χ3n) is 5.66. The number of halogens is 2. The fraction of sp³-hybridized carbons (Fsp3) is 0.381. The number of aromatic hydroxyl groups is 1. The van der Waals surface area contributed by atoms with Crippen LogP contribution in [0.25, 0.3) is 22.3 Å². The number of benzene rings is 1. The van der Waals surface area contributed by atoms with Crippen LogP contribution in [-0.4, -0.2) is 68.8 Å². The Balaban J connectivity index is 0.00000256. The third-order valence-corrected chi connectivity index (χ3v) is 5.88. The number of phenols is 1. The summed E-state index contributed by atoms with van der Waals surface area (Å²) in [5.41, 5.74) is 2.64. The van der Waals surface area contributed by atoms with Gasteiger partial charge < -0.3 is 19.5 Å². The Morgan fingerprint density at radius 2 is 2.10 bits per heavy atom. The molecule has 3 heterocycles. The number of phenolic OH excluding ortho intramolecular Hbond substituents is 1. The highest BCUT2D eigenvalue weighted by atomic mass is 35.5. The predicted octanol–water partition coefficient (Wildman–Crippen LogP) is 3.35. The van der Waals surface area contributed by atoms with E-state index >= 15 is 0 Å². The van der Waals surface area contributed by atoms with E-state index in [4.69, 9.17) is 11.6 Å². The molecule has 0 saturated carbocycles. The van der Waals surface area contributed by atoms with Crippen molar-refractivity contribution in [2.24, 2.45) is 0 Å². The largest absolute Gasteiger partial charge is 0.507 e. The zero-order valence-corrected chi connectivity index (χ0v) is 18.7. The van der Waals surface area contributed by atoms with Gasteiger partial charge in [0, 0.05) is 41.8 Å². The summed E-state index contributed by atoms with van der Waals surface area (Å²) in [5, 5.41) is 20.3. The lowest BCUT2D eigenvalue weighted by molar-refractivity contribution is -0.132. The maximum Gasteiger partial charge on any atom is 0.242 e. The number of amides is 1. The maximum atomic E-state index is 12.8. The highest BCUT2D eigenvalue weighted by molar-refractivity contribution is 6.31. The van der Waals surface area contributed by atoms with Crippen LogP contribution in [0.4, 0.5) is 0 Å². The van der Waals surface area contributed by atoms with Crippen molar-refractivity contribution in [1.82, 2.24) is 24.6 Å². The lowest BCUT2D eigenvalue weighted by atomic mass is 10.0. The lowest BCUT2D eigenvalue weighted by Gasteiger charge is -2.24. The van der Waals surface area contributed by atoms with Crippen LogP contribution in [0, 0.1) is 6.92 Å². The fourth-order valence-corrected chi connectivity index (χ4v) is 4.25. The van der Waals surface area contributed by atoms with E-state index in [-0.39, 0.29) is 36.7 Å². The first-order chi connectivity index (χ1) is 13.8. The van der Waals surface area contributed by atoms with E-state index in [1.807, 2.05) is 41.8 Å². The average Bonchev–Trinajstić information content (AvgIpc) is 3.26. The second kappa shape index (κ2) is 8.79. The number of carbonyl (C=O) groups is 1. The number of likely N-dealkylation sites (tertiary alicyclic amines) is 1. The molecule has 0 aliphatic carbocycles. The van der Waals surface area contributed by atoms with Crippen molar-refractivity contribution in [3.63, 3.8) is 0 Å². The van der Waals surface area contributed by atoms with Crippen molar-refractivity contribution < 1.29 is 9.90 Å². The van der Waals surface area contributed by atoms with Crippen LogP contribution < -0.4 is 0 Å². The van der Waals surface area contributed by atoms with Gasteiger partial charge in [0.15, 0.2) is 5.65 Å². The van der Waals surface area contributed by atoms with Crippen molar-refractivity contribution in [2.75, 3.05) is 27.2 Å². The van der Waals surface area contributed by atoms with E-state index in [2.05, 4.69) is 22.1 Å². The van der Waals surface area contributed by atoms with Gasteiger partial charge in [0.2, 0.25) is 5.91 Å². The molecule has 4 rings (SSSR count). The molecule has 1 amide bonds. The van der Waals surface area contributed by atoms with Gasteiger partial charge >= 0.3 is 0 Å². The second-order valence-electron chi connectivity index (χ2n) is 7.78. The first-order valence-corrected chi connectivity index (χ1v) is 9.97. The molecular weight excluding hydrogens is 425 g/mol. The zero-order chi connectivity index (χ0) is 20.7. The molecule has 1 N–H and O–H groups in total. The Kier molecular flexibility index (Phi) is 6.55. The molecule has 9 heteroatoms. The third kappa shape index (κ3) is 4.24. The van der Waals surface area contributed by atoms with E-state index in [1.165, 1.54) is 6.07 Å². The lowest BCUT2D eigenvalue weighted by Crippen LogP contribution is -2.40. The number of hydrogen-bond donors (Lipinski definition) is 1. The number of fused-ring (bicyclic) bond motifs is 1. The number of aryl methyl sites for hydroxylation is 1. The van der Waals surface area contributed by atoms with Gasteiger partial charge in [-0.15, -0.1) is 22.6 Å². The smallest absolute Gasteiger partial charge is 0.242 e. The summed E-state index contributed by atoms with van der Waals surface area (Å²) in [5.74, 6) is 0.126. The number of carbonyl (C=O) groups excluding carboxylic acids is 1. The van der Waals surface area contributed by atoms with Gasteiger partial charge in [-0.05, 0) is 56.8 Å². The van der Waals surface area contributed by atoms with Gasteiger partial charge in [0.1, 0.15) is 12.3 Å². The Bertz CT molecular complexity index is 1060. The van der Waals surface area contributed by atoms with Crippen LogP contribution in [0.1, 0.15) is 12.0 Å². The standard InChI is InChI=1S/C21H24ClN5O2.ClH/c1-13-8-15(22)10-18(28)20(13)17-9-14-4-7-27(21(14)24-23-17)12-19(29)26(3)16-5-6-25(2)11-16;/h4,7-10,16,28H,5-6,11-12H2,1-3H3;1H/t16-;/m0./s1.